The van der Waals surface area contributed by atoms with Gasteiger partial charge in [0.1, 0.15) is 6.07 Å². The molecule has 124 valence electrons. The van der Waals surface area contributed by atoms with E-state index in [0.29, 0.717) is 24.6 Å². The SMILES string of the molecule is Cc1cccc(CN(Cc2cccc(C)n2)c2ccc(C#N)nn2)n1. The normalized spacial score (nSPS) is 10.3. The van der Waals surface area contributed by atoms with Gasteiger partial charge in [0.05, 0.1) is 24.5 Å². The van der Waals surface area contributed by atoms with E-state index in [2.05, 4.69) is 25.1 Å². The van der Waals surface area contributed by atoms with Gasteiger partial charge >= 0.3 is 0 Å². The lowest BCUT2D eigenvalue weighted by Crippen LogP contribution is -2.24. The Morgan fingerprint density at radius 2 is 1.44 bits per heavy atom. The first-order chi connectivity index (χ1) is 12.1. The molecule has 0 aliphatic rings. The van der Waals surface area contributed by atoms with Crippen LogP contribution in [0.15, 0.2) is 48.5 Å². The monoisotopic (exact) mass is 330 g/mol. The maximum atomic E-state index is 8.91. The molecule has 0 atom stereocenters. The van der Waals surface area contributed by atoms with Gasteiger partial charge in [-0.1, -0.05) is 12.1 Å². The average Bonchev–Trinajstić information content (AvgIpc) is 2.61. The summed E-state index contributed by atoms with van der Waals surface area (Å²) in [6.07, 6.45) is 0. The summed E-state index contributed by atoms with van der Waals surface area (Å²) in [4.78, 5) is 11.2. The molecule has 3 aromatic heterocycles. The molecule has 0 aliphatic carbocycles. The molecule has 0 saturated heterocycles. The lowest BCUT2D eigenvalue weighted by Gasteiger charge is -2.23. The molecule has 0 bridgehead atoms. The molecule has 6 nitrogen and oxygen atoms in total. The van der Waals surface area contributed by atoms with Crippen molar-refractivity contribution in [2.24, 2.45) is 0 Å². The van der Waals surface area contributed by atoms with Gasteiger partial charge < -0.3 is 4.90 Å². The third-order valence-corrected chi connectivity index (χ3v) is 3.69. The average molecular weight is 330 g/mol. The first-order valence-electron chi connectivity index (χ1n) is 7.98. The van der Waals surface area contributed by atoms with Gasteiger partial charge in [0, 0.05) is 11.4 Å². The Kier molecular flexibility index (Phi) is 4.95. The molecule has 0 unspecified atom stereocenters. The van der Waals surface area contributed by atoms with Crippen LogP contribution in [-0.4, -0.2) is 20.2 Å². The lowest BCUT2D eigenvalue weighted by molar-refractivity contribution is 0.736. The zero-order valence-electron chi connectivity index (χ0n) is 14.2. The summed E-state index contributed by atoms with van der Waals surface area (Å²) in [5.74, 6) is 0.686. The van der Waals surface area contributed by atoms with Crippen molar-refractivity contribution < 1.29 is 0 Å². The third-order valence-electron chi connectivity index (χ3n) is 3.69. The minimum atomic E-state index is 0.297. The van der Waals surface area contributed by atoms with E-state index in [0.717, 1.165) is 22.8 Å². The fourth-order valence-corrected chi connectivity index (χ4v) is 2.54. The van der Waals surface area contributed by atoms with Crippen molar-refractivity contribution in [3.8, 4) is 6.07 Å². The fourth-order valence-electron chi connectivity index (χ4n) is 2.54. The molecule has 6 heteroatoms. The van der Waals surface area contributed by atoms with Crippen molar-refractivity contribution in [2.45, 2.75) is 26.9 Å². The molecule has 3 heterocycles. The van der Waals surface area contributed by atoms with Crippen LogP contribution in [0.3, 0.4) is 0 Å². The predicted molar refractivity (Wildman–Crippen MR) is 94.6 cm³/mol. The van der Waals surface area contributed by atoms with Crippen LogP contribution in [-0.2, 0) is 13.1 Å². The Labute approximate surface area is 146 Å². The lowest BCUT2D eigenvalue weighted by atomic mass is 10.2. The van der Waals surface area contributed by atoms with Crippen molar-refractivity contribution in [3.63, 3.8) is 0 Å². The second-order valence-electron chi connectivity index (χ2n) is 5.79. The maximum Gasteiger partial charge on any atom is 0.163 e. The van der Waals surface area contributed by atoms with Crippen molar-refractivity contribution in [1.82, 2.24) is 20.2 Å². The fraction of sp³-hybridized carbons (Fsp3) is 0.211. The molecule has 0 aliphatic heterocycles. The predicted octanol–water partition coefficient (Wildman–Crippen LogP) is 2.96. The number of aromatic nitrogens is 4. The van der Waals surface area contributed by atoms with E-state index in [-0.39, 0.29) is 0 Å². The Bertz CT molecular complexity index is 851. The van der Waals surface area contributed by atoms with Crippen LogP contribution >= 0.6 is 0 Å². The molecular weight excluding hydrogens is 312 g/mol. The number of nitrogens with zero attached hydrogens (tertiary/aromatic N) is 6. The van der Waals surface area contributed by atoms with Crippen molar-refractivity contribution in [1.29, 1.82) is 5.26 Å². The molecule has 0 spiro atoms. The smallest absolute Gasteiger partial charge is 0.163 e. The van der Waals surface area contributed by atoms with Gasteiger partial charge in [-0.25, -0.2) is 0 Å². The van der Waals surface area contributed by atoms with Crippen molar-refractivity contribution in [3.05, 3.63) is 77.0 Å². The van der Waals surface area contributed by atoms with Gasteiger partial charge in [-0.2, -0.15) is 5.26 Å². The second-order valence-corrected chi connectivity index (χ2v) is 5.79. The first kappa shape index (κ1) is 16.5. The van der Waals surface area contributed by atoms with Crippen LogP contribution in [0.4, 0.5) is 5.82 Å². The summed E-state index contributed by atoms with van der Waals surface area (Å²) >= 11 is 0. The minimum Gasteiger partial charge on any atom is -0.343 e. The van der Waals surface area contributed by atoms with Gasteiger partial charge in [0.2, 0.25) is 0 Å². The molecule has 3 aromatic rings. The topological polar surface area (TPSA) is 78.6 Å². The van der Waals surface area contributed by atoms with E-state index in [1.807, 2.05) is 56.3 Å². The van der Waals surface area contributed by atoms with Gasteiger partial charge in [-0.15, -0.1) is 10.2 Å². The summed E-state index contributed by atoms with van der Waals surface area (Å²) in [6, 6.07) is 17.4. The van der Waals surface area contributed by atoms with Gasteiger partial charge in [-0.05, 0) is 50.2 Å². The van der Waals surface area contributed by atoms with Crippen LogP contribution in [0.5, 0.6) is 0 Å². The van der Waals surface area contributed by atoms with Crippen LogP contribution in [0.2, 0.25) is 0 Å². The third kappa shape index (κ3) is 4.36. The molecule has 0 N–H and O–H groups in total. The van der Waals surface area contributed by atoms with Crippen LogP contribution in [0.25, 0.3) is 0 Å². The van der Waals surface area contributed by atoms with Gasteiger partial charge in [-0.3, -0.25) is 9.97 Å². The van der Waals surface area contributed by atoms with Crippen LogP contribution in [0.1, 0.15) is 28.5 Å². The van der Waals surface area contributed by atoms with E-state index < -0.39 is 0 Å². The summed E-state index contributed by atoms with van der Waals surface area (Å²) in [5.41, 5.74) is 4.12. The number of hydrogen-bond acceptors (Lipinski definition) is 6. The number of pyridine rings is 2. The zero-order chi connectivity index (χ0) is 17.6. The zero-order valence-corrected chi connectivity index (χ0v) is 14.2. The molecule has 0 saturated carbocycles. The van der Waals surface area contributed by atoms with Crippen LogP contribution < -0.4 is 4.90 Å². The Hall–Kier alpha value is -3.33. The van der Waals surface area contributed by atoms with Crippen LogP contribution in [0, 0.1) is 25.2 Å². The molecule has 0 aromatic carbocycles. The summed E-state index contributed by atoms with van der Waals surface area (Å²) < 4.78 is 0. The Morgan fingerprint density at radius 1 is 0.840 bits per heavy atom. The highest BCUT2D eigenvalue weighted by atomic mass is 15.3. The van der Waals surface area contributed by atoms with E-state index in [1.54, 1.807) is 12.1 Å². The standard InChI is InChI=1S/C19H18N6/c1-14-5-3-7-17(21-14)12-25(13-18-8-4-6-15(2)22-18)19-10-9-16(11-20)23-24-19/h3-10H,12-13H2,1-2H3. The number of aryl methyl sites for hydroxylation is 2. The van der Waals surface area contributed by atoms with Crippen molar-refractivity contribution in [2.75, 3.05) is 4.90 Å². The van der Waals surface area contributed by atoms with E-state index in [1.165, 1.54) is 0 Å². The van der Waals surface area contributed by atoms with E-state index >= 15 is 0 Å². The molecule has 3 rings (SSSR count). The minimum absolute atomic E-state index is 0.297. The number of hydrogen-bond donors (Lipinski definition) is 0. The molecule has 0 radical (unpaired) electrons. The number of rotatable bonds is 5. The van der Waals surface area contributed by atoms with E-state index in [9.17, 15) is 0 Å². The first-order valence-corrected chi connectivity index (χ1v) is 7.98. The van der Waals surface area contributed by atoms with E-state index in [4.69, 9.17) is 5.26 Å². The second kappa shape index (κ2) is 7.49. The number of anilines is 1. The highest BCUT2D eigenvalue weighted by Gasteiger charge is 2.12. The maximum absolute atomic E-state index is 8.91. The Balaban J connectivity index is 1.90. The largest absolute Gasteiger partial charge is 0.343 e. The van der Waals surface area contributed by atoms with Crippen molar-refractivity contribution >= 4 is 5.82 Å². The highest BCUT2D eigenvalue weighted by molar-refractivity contribution is 5.40. The molecule has 0 amide bonds. The summed E-state index contributed by atoms with van der Waals surface area (Å²) in [6.45, 7) is 5.10. The summed E-state index contributed by atoms with van der Waals surface area (Å²) in [5, 5.41) is 17.0. The quantitative estimate of drug-likeness (QED) is 0.715. The van der Waals surface area contributed by atoms with Gasteiger partial charge in [0.25, 0.3) is 0 Å². The molecule has 0 fully saturated rings. The van der Waals surface area contributed by atoms with Gasteiger partial charge in [0.15, 0.2) is 11.5 Å². The molecular formula is C19H18N6. The highest BCUT2D eigenvalue weighted by Crippen LogP contribution is 2.16. The summed E-state index contributed by atoms with van der Waals surface area (Å²) in [7, 11) is 0. The number of nitriles is 1. The Morgan fingerprint density at radius 3 is 1.88 bits per heavy atom. The molecule has 25 heavy (non-hydrogen) atoms.